The molecule has 1 aliphatic rings. The highest BCUT2D eigenvalue weighted by Crippen LogP contribution is 2.24. The highest BCUT2D eigenvalue weighted by atomic mass is 32.2. The Balaban J connectivity index is 1.19. The zero-order valence-corrected chi connectivity index (χ0v) is 25.4. The zero-order valence-electron chi connectivity index (χ0n) is 24.6. The van der Waals surface area contributed by atoms with Crippen LogP contribution in [0.3, 0.4) is 0 Å². The second-order valence-electron chi connectivity index (χ2n) is 10.5. The fourth-order valence-corrected chi connectivity index (χ4v) is 6.26. The highest BCUT2D eigenvalue weighted by molar-refractivity contribution is 7.89. The Kier molecular flexibility index (Phi) is 14.9. The Labute approximate surface area is 250 Å². The van der Waals surface area contributed by atoms with Crippen LogP contribution < -0.4 is 10.1 Å². The average molecular weight is 607 g/mol. The van der Waals surface area contributed by atoms with Gasteiger partial charge in [-0.05, 0) is 74.0 Å². The molecule has 2 aromatic carbocycles. The highest BCUT2D eigenvalue weighted by Gasteiger charge is 2.26. The molecule has 0 aromatic heterocycles. The summed E-state index contributed by atoms with van der Waals surface area (Å²) in [5.74, 6) is -0.153. The zero-order chi connectivity index (χ0) is 30.2. The third kappa shape index (κ3) is 11.4. The lowest BCUT2D eigenvalue weighted by Gasteiger charge is -2.26. The van der Waals surface area contributed by atoms with Crippen LogP contribution in [0.5, 0.6) is 5.75 Å². The normalized spacial score (nSPS) is 15.0. The van der Waals surface area contributed by atoms with Crippen LogP contribution in [0, 0.1) is 0 Å². The van der Waals surface area contributed by atoms with Crippen molar-refractivity contribution in [1.82, 2.24) is 9.62 Å². The number of benzene rings is 2. The smallest absolute Gasteiger partial charge is 0.308 e. The Hall–Kier alpha value is -2.38. The van der Waals surface area contributed by atoms with Crippen molar-refractivity contribution in [3.05, 3.63) is 59.2 Å². The van der Waals surface area contributed by atoms with Crippen LogP contribution >= 0.6 is 0 Å². The number of aliphatic hydroxyl groups excluding tert-OH is 2. The number of nitrogens with one attached hydrogen (secondary N) is 1. The van der Waals surface area contributed by atoms with E-state index in [1.165, 1.54) is 11.2 Å². The van der Waals surface area contributed by atoms with Gasteiger partial charge in [0.25, 0.3) is 0 Å². The number of nitrogens with zero attached hydrogens (tertiary/aromatic N) is 1. The molecule has 1 aliphatic heterocycles. The number of aliphatic hydroxyl groups is 2. The first-order valence-corrected chi connectivity index (χ1v) is 16.3. The standard InChI is InChI=1S/C31H46N2O8S/c1-25(35)41-31-13-12-27(22-28(31)24-34)30(36)23-32-14-5-2-3-6-17-39-18-7-4-9-26-10-8-11-29(21-26)42(37,38)33-15-19-40-20-16-33/h8,10-13,21-22,30,32,34,36H,2-7,9,14-20,23-24H2,1H3/t30-/m0/s1. The molecule has 0 bridgehead atoms. The van der Waals surface area contributed by atoms with E-state index in [1.807, 2.05) is 12.1 Å². The molecule has 0 aliphatic carbocycles. The molecule has 42 heavy (non-hydrogen) atoms. The van der Waals surface area contributed by atoms with E-state index < -0.39 is 22.1 Å². The predicted molar refractivity (Wildman–Crippen MR) is 160 cm³/mol. The Morgan fingerprint density at radius 1 is 1.02 bits per heavy atom. The molecule has 0 saturated carbocycles. The Morgan fingerprint density at radius 3 is 2.50 bits per heavy atom. The molecule has 3 N–H and O–H groups in total. The Morgan fingerprint density at radius 2 is 1.76 bits per heavy atom. The molecule has 0 amide bonds. The number of carbonyl (C=O) groups is 1. The number of sulfonamides is 1. The minimum atomic E-state index is -3.47. The number of ether oxygens (including phenoxy) is 3. The van der Waals surface area contributed by atoms with Crippen LogP contribution in [0.1, 0.15) is 68.2 Å². The maximum absolute atomic E-state index is 12.9. The van der Waals surface area contributed by atoms with Crippen LogP contribution in [0.25, 0.3) is 0 Å². The van der Waals surface area contributed by atoms with E-state index >= 15 is 0 Å². The lowest BCUT2D eigenvalue weighted by molar-refractivity contribution is -0.131. The molecule has 234 valence electrons. The van der Waals surface area contributed by atoms with Crippen LogP contribution in [0.4, 0.5) is 0 Å². The molecule has 1 heterocycles. The second kappa shape index (κ2) is 18.3. The van der Waals surface area contributed by atoms with Gasteiger partial charge < -0.3 is 29.7 Å². The SMILES string of the molecule is CC(=O)Oc1ccc([C@@H](O)CNCCCCCCOCCCCc2cccc(S(=O)(=O)N3CCOCC3)c2)cc1CO. The van der Waals surface area contributed by atoms with Gasteiger partial charge in [0.05, 0.1) is 30.8 Å². The summed E-state index contributed by atoms with van der Waals surface area (Å²) in [5.41, 5.74) is 2.15. The minimum Gasteiger partial charge on any atom is -0.426 e. The van der Waals surface area contributed by atoms with Crippen molar-refractivity contribution in [1.29, 1.82) is 0 Å². The monoisotopic (exact) mass is 606 g/mol. The van der Waals surface area contributed by atoms with Gasteiger partial charge >= 0.3 is 5.97 Å². The molecular formula is C31H46N2O8S. The third-order valence-corrected chi connectivity index (χ3v) is 9.03. The molecule has 1 fully saturated rings. The molecule has 0 unspecified atom stereocenters. The molecule has 1 saturated heterocycles. The molecule has 10 nitrogen and oxygen atoms in total. The van der Waals surface area contributed by atoms with Gasteiger partial charge in [-0.3, -0.25) is 4.79 Å². The van der Waals surface area contributed by atoms with E-state index in [2.05, 4.69) is 5.32 Å². The van der Waals surface area contributed by atoms with Crippen LogP contribution in [-0.2, 0) is 37.3 Å². The number of unbranched alkanes of at least 4 members (excludes halogenated alkanes) is 4. The van der Waals surface area contributed by atoms with Crippen LogP contribution in [0.2, 0.25) is 0 Å². The topological polar surface area (TPSA) is 135 Å². The van der Waals surface area contributed by atoms with E-state index in [0.29, 0.717) is 61.2 Å². The minimum absolute atomic E-state index is 0.279. The molecule has 11 heteroatoms. The first-order chi connectivity index (χ1) is 20.3. The number of aryl methyl sites for hydroxylation is 1. The van der Waals surface area contributed by atoms with Crippen molar-refractivity contribution in [2.24, 2.45) is 0 Å². The van der Waals surface area contributed by atoms with Gasteiger partial charge in [-0.15, -0.1) is 0 Å². The number of esters is 1. The van der Waals surface area contributed by atoms with Crippen molar-refractivity contribution in [3.8, 4) is 5.75 Å². The average Bonchev–Trinajstić information content (AvgIpc) is 2.99. The summed E-state index contributed by atoms with van der Waals surface area (Å²) in [4.78, 5) is 11.5. The van der Waals surface area contributed by atoms with Crippen LogP contribution in [-0.4, -0.2) is 81.5 Å². The lowest BCUT2D eigenvalue weighted by Crippen LogP contribution is -2.40. The van der Waals surface area contributed by atoms with Crippen molar-refractivity contribution < 1.29 is 37.6 Å². The summed E-state index contributed by atoms with van der Waals surface area (Å²) in [5, 5.41) is 23.2. The molecule has 2 aromatic rings. The summed E-state index contributed by atoms with van der Waals surface area (Å²) in [6, 6.07) is 12.2. The van der Waals surface area contributed by atoms with Gasteiger partial charge in [-0.2, -0.15) is 4.31 Å². The molecule has 3 rings (SSSR count). The lowest BCUT2D eigenvalue weighted by atomic mass is 10.1. The summed E-state index contributed by atoms with van der Waals surface area (Å²) in [7, 11) is -3.47. The predicted octanol–water partition coefficient (Wildman–Crippen LogP) is 3.35. The molecule has 0 radical (unpaired) electrons. The largest absolute Gasteiger partial charge is 0.426 e. The van der Waals surface area contributed by atoms with E-state index in [-0.39, 0.29) is 6.61 Å². The van der Waals surface area contributed by atoms with E-state index in [0.717, 1.165) is 63.7 Å². The summed E-state index contributed by atoms with van der Waals surface area (Å²) < 4.78 is 43.3. The molecule has 0 spiro atoms. The van der Waals surface area contributed by atoms with Gasteiger partial charge in [-0.1, -0.05) is 31.0 Å². The summed E-state index contributed by atoms with van der Waals surface area (Å²) in [6.45, 7) is 5.32. The van der Waals surface area contributed by atoms with Gasteiger partial charge in [0.15, 0.2) is 0 Å². The van der Waals surface area contributed by atoms with Gasteiger partial charge in [0.2, 0.25) is 10.0 Å². The fourth-order valence-electron chi connectivity index (χ4n) is 4.78. The third-order valence-electron chi connectivity index (χ3n) is 7.13. The summed E-state index contributed by atoms with van der Waals surface area (Å²) >= 11 is 0. The van der Waals surface area contributed by atoms with Crippen molar-refractivity contribution in [2.75, 3.05) is 52.6 Å². The second-order valence-corrected chi connectivity index (χ2v) is 12.4. The van der Waals surface area contributed by atoms with Crippen molar-refractivity contribution >= 4 is 16.0 Å². The first-order valence-electron chi connectivity index (χ1n) is 14.9. The van der Waals surface area contributed by atoms with Gasteiger partial charge in [0, 0.05) is 45.3 Å². The number of carbonyl (C=O) groups excluding carboxylic acids is 1. The van der Waals surface area contributed by atoms with E-state index in [1.54, 1.807) is 30.3 Å². The fraction of sp³-hybridized carbons (Fsp3) is 0.581. The Bertz CT molecular complexity index is 1200. The maximum Gasteiger partial charge on any atom is 0.308 e. The van der Waals surface area contributed by atoms with E-state index in [4.69, 9.17) is 14.2 Å². The summed E-state index contributed by atoms with van der Waals surface area (Å²) in [6.07, 6.45) is 6.12. The maximum atomic E-state index is 12.9. The number of rotatable bonds is 19. The first kappa shape index (κ1) is 34.1. The number of hydrogen-bond donors (Lipinski definition) is 3. The number of morpholine rings is 1. The van der Waals surface area contributed by atoms with Gasteiger partial charge in [0.1, 0.15) is 5.75 Å². The van der Waals surface area contributed by atoms with Crippen molar-refractivity contribution in [3.63, 3.8) is 0 Å². The quantitative estimate of drug-likeness (QED) is 0.125. The number of hydrogen-bond acceptors (Lipinski definition) is 9. The van der Waals surface area contributed by atoms with Crippen molar-refractivity contribution in [2.45, 2.75) is 69.5 Å². The van der Waals surface area contributed by atoms with E-state index in [9.17, 15) is 23.4 Å². The van der Waals surface area contributed by atoms with Crippen LogP contribution in [0.15, 0.2) is 47.4 Å². The molecular weight excluding hydrogens is 560 g/mol. The molecule has 1 atom stereocenters. The van der Waals surface area contributed by atoms with Gasteiger partial charge in [-0.25, -0.2) is 8.42 Å².